The zero-order chi connectivity index (χ0) is 13.1. The van der Waals surface area contributed by atoms with E-state index in [-0.39, 0.29) is 0 Å². The maximum Gasteiger partial charge on any atom is 0.0129 e. The molecule has 0 nitrogen and oxygen atoms in total. The molecular formula is C20H20. The molecular weight excluding hydrogens is 240 g/mol. The molecule has 0 unspecified atom stereocenters. The molecule has 0 aliphatic heterocycles. The van der Waals surface area contributed by atoms with Crippen molar-refractivity contribution in [3.05, 3.63) is 70.3 Å². The van der Waals surface area contributed by atoms with Gasteiger partial charge < -0.3 is 0 Å². The van der Waals surface area contributed by atoms with Gasteiger partial charge in [0.15, 0.2) is 0 Å². The van der Waals surface area contributed by atoms with Gasteiger partial charge in [-0.25, -0.2) is 0 Å². The third kappa shape index (κ3) is 1.32. The molecule has 2 aromatic carbocycles. The van der Waals surface area contributed by atoms with Crippen molar-refractivity contribution < 1.29 is 0 Å². The van der Waals surface area contributed by atoms with Gasteiger partial charge in [-0.2, -0.15) is 0 Å². The Morgan fingerprint density at radius 2 is 1.60 bits per heavy atom. The first-order valence-electron chi connectivity index (χ1n) is 8.13. The van der Waals surface area contributed by atoms with Crippen LogP contribution >= 0.6 is 0 Å². The summed E-state index contributed by atoms with van der Waals surface area (Å²) in [5, 5.41) is 0. The quantitative estimate of drug-likeness (QED) is 0.637. The van der Waals surface area contributed by atoms with Gasteiger partial charge in [0.25, 0.3) is 0 Å². The van der Waals surface area contributed by atoms with Crippen molar-refractivity contribution in [1.82, 2.24) is 0 Å². The third-order valence-electron chi connectivity index (χ3n) is 5.98. The van der Waals surface area contributed by atoms with E-state index in [2.05, 4.69) is 42.5 Å². The van der Waals surface area contributed by atoms with Crippen LogP contribution in [0.15, 0.2) is 42.5 Å². The maximum atomic E-state index is 2.42. The highest BCUT2D eigenvalue weighted by molar-refractivity contribution is 5.53. The fourth-order valence-electron chi connectivity index (χ4n) is 5.28. The van der Waals surface area contributed by atoms with E-state index >= 15 is 0 Å². The van der Waals surface area contributed by atoms with Crippen molar-refractivity contribution in [2.24, 2.45) is 5.92 Å². The van der Waals surface area contributed by atoms with Crippen molar-refractivity contribution in [2.45, 2.75) is 43.9 Å². The highest BCUT2D eigenvalue weighted by Gasteiger charge is 2.45. The predicted molar refractivity (Wildman–Crippen MR) is 82.2 cm³/mol. The lowest BCUT2D eigenvalue weighted by molar-refractivity contribution is 0.346. The van der Waals surface area contributed by atoms with Crippen LogP contribution in [0.1, 0.15) is 58.9 Å². The summed E-state index contributed by atoms with van der Waals surface area (Å²) in [4.78, 5) is 0. The van der Waals surface area contributed by atoms with Gasteiger partial charge in [-0.05, 0) is 71.8 Å². The molecule has 0 amide bonds. The second-order valence-corrected chi connectivity index (χ2v) is 6.80. The second kappa shape index (κ2) is 3.97. The number of hydrogen-bond acceptors (Lipinski definition) is 0. The van der Waals surface area contributed by atoms with Gasteiger partial charge in [0.1, 0.15) is 0 Å². The van der Waals surface area contributed by atoms with Crippen LogP contribution in [0.25, 0.3) is 0 Å². The molecule has 0 bridgehead atoms. The zero-order valence-corrected chi connectivity index (χ0v) is 11.8. The molecule has 0 aromatic heterocycles. The summed E-state index contributed by atoms with van der Waals surface area (Å²) in [6.45, 7) is 0. The molecule has 2 aromatic rings. The first kappa shape index (κ1) is 11.1. The van der Waals surface area contributed by atoms with E-state index in [1.165, 1.54) is 32.1 Å². The molecule has 0 spiro atoms. The van der Waals surface area contributed by atoms with Crippen LogP contribution < -0.4 is 0 Å². The minimum absolute atomic E-state index is 0.693. The standard InChI is InChI=1S/C20H20/c1-2-8-15-13(5-1)11-12-17-16-9-3-6-14-7-4-10-18(19(14)16)20(15)17/h1-2,4-5,7-8,10,16-17,20H,3,6,9,11-12H2/t16-,17-,20-/m0/s1. The lowest BCUT2D eigenvalue weighted by atomic mass is 9.71. The van der Waals surface area contributed by atoms with Crippen LogP contribution in [0, 0.1) is 5.92 Å². The molecule has 0 radical (unpaired) electrons. The molecule has 5 rings (SSSR count). The third-order valence-corrected chi connectivity index (χ3v) is 5.98. The van der Waals surface area contributed by atoms with Gasteiger partial charge in [0, 0.05) is 5.92 Å². The highest BCUT2D eigenvalue weighted by Crippen LogP contribution is 2.58. The Kier molecular flexibility index (Phi) is 2.21. The van der Waals surface area contributed by atoms with Crippen molar-refractivity contribution in [3.8, 4) is 0 Å². The van der Waals surface area contributed by atoms with Gasteiger partial charge in [-0.15, -0.1) is 0 Å². The largest absolute Gasteiger partial charge is 0.0620 e. The van der Waals surface area contributed by atoms with E-state index in [0.717, 1.165) is 11.8 Å². The van der Waals surface area contributed by atoms with Crippen LogP contribution in [0.2, 0.25) is 0 Å². The van der Waals surface area contributed by atoms with Crippen LogP contribution in [0.4, 0.5) is 0 Å². The van der Waals surface area contributed by atoms with Crippen LogP contribution in [-0.2, 0) is 12.8 Å². The predicted octanol–water partition coefficient (Wildman–Crippen LogP) is 4.81. The smallest absolute Gasteiger partial charge is 0.0129 e. The van der Waals surface area contributed by atoms with E-state index in [1.54, 1.807) is 27.8 Å². The van der Waals surface area contributed by atoms with Gasteiger partial charge in [-0.3, -0.25) is 0 Å². The molecule has 3 atom stereocenters. The molecule has 0 fully saturated rings. The molecule has 0 saturated carbocycles. The fourth-order valence-corrected chi connectivity index (χ4v) is 5.28. The number of benzene rings is 2. The van der Waals surface area contributed by atoms with Gasteiger partial charge in [-0.1, -0.05) is 42.5 Å². The van der Waals surface area contributed by atoms with Crippen molar-refractivity contribution in [3.63, 3.8) is 0 Å². The van der Waals surface area contributed by atoms with E-state index in [9.17, 15) is 0 Å². The van der Waals surface area contributed by atoms with E-state index in [0.29, 0.717) is 5.92 Å². The summed E-state index contributed by atoms with van der Waals surface area (Å²) in [5.41, 5.74) is 8.32. The van der Waals surface area contributed by atoms with Crippen LogP contribution in [-0.4, -0.2) is 0 Å². The molecule has 0 N–H and O–H groups in total. The number of rotatable bonds is 0. The normalized spacial score (nSPS) is 29.5. The molecule has 0 saturated heterocycles. The summed E-state index contributed by atoms with van der Waals surface area (Å²) in [5.74, 6) is 2.42. The average molecular weight is 260 g/mol. The fraction of sp³-hybridized carbons (Fsp3) is 0.400. The summed E-state index contributed by atoms with van der Waals surface area (Å²) in [6, 6.07) is 16.3. The number of fused-ring (bicyclic) bond motifs is 5. The summed E-state index contributed by atoms with van der Waals surface area (Å²) < 4.78 is 0. The number of hydrogen-bond donors (Lipinski definition) is 0. The van der Waals surface area contributed by atoms with E-state index < -0.39 is 0 Å². The Labute approximate surface area is 120 Å². The van der Waals surface area contributed by atoms with Crippen LogP contribution in [0.3, 0.4) is 0 Å². The Hall–Kier alpha value is -1.56. The first-order chi connectivity index (χ1) is 9.93. The molecule has 0 heteroatoms. The number of aryl methyl sites for hydroxylation is 2. The minimum Gasteiger partial charge on any atom is -0.0620 e. The summed E-state index contributed by atoms with van der Waals surface area (Å²) in [7, 11) is 0. The summed E-state index contributed by atoms with van der Waals surface area (Å²) in [6.07, 6.45) is 6.80. The monoisotopic (exact) mass is 260 g/mol. The van der Waals surface area contributed by atoms with Crippen molar-refractivity contribution >= 4 is 0 Å². The van der Waals surface area contributed by atoms with Gasteiger partial charge in [0.05, 0.1) is 0 Å². The molecule has 3 aliphatic carbocycles. The van der Waals surface area contributed by atoms with Crippen molar-refractivity contribution in [2.75, 3.05) is 0 Å². The maximum absolute atomic E-state index is 2.42. The Bertz CT molecular complexity index is 682. The lowest BCUT2D eigenvalue weighted by Gasteiger charge is -2.33. The highest BCUT2D eigenvalue weighted by atomic mass is 14.5. The molecule has 100 valence electrons. The van der Waals surface area contributed by atoms with Gasteiger partial charge in [0.2, 0.25) is 0 Å². The van der Waals surface area contributed by atoms with Crippen molar-refractivity contribution in [1.29, 1.82) is 0 Å². The first-order valence-corrected chi connectivity index (χ1v) is 8.13. The zero-order valence-electron chi connectivity index (χ0n) is 11.8. The summed E-state index contributed by atoms with van der Waals surface area (Å²) >= 11 is 0. The van der Waals surface area contributed by atoms with Crippen LogP contribution in [0.5, 0.6) is 0 Å². The Balaban J connectivity index is 1.77. The molecule has 20 heavy (non-hydrogen) atoms. The van der Waals surface area contributed by atoms with E-state index in [1.807, 2.05) is 0 Å². The van der Waals surface area contributed by atoms with Gasteiger partial charge >= 0.3 is 0 Å². The topological polar surface area (TPSA) is 0 Å². The average Bonchev–Trinajstić information content (AvgIpc) is 2.85. The second-order valence-electron chi connectivity index (χ2n) is 6.80. The minimum atomic E-state index is 0.693. The lowest BCUT2D eigenvalue weighted by Crippen LogP contribution is -2.21. The SMILES string of the molecule is c1ccc2c(c1)CC[C@@H]1[C@H]2c2cccc3c2[C@H]1CCC3. The molecule has 0 heterocycles. The Morgan fingerprint density at radius 3 is 2.60 bits per heavy atom. The molecule has 3 aliphatic rings. The Morgan fingerprint density at radius 1 is 0.750 bits per heavy atom. The van der Waals surface area contributed by atoms with E-state index in [4.69, 9.17) is 0 Å².